The summed E-state index contributed by atoms with van der Waals surface area (Å²) < 4.78 is 19.1. The quantitative estimate of drug-likeness (QED) is 0.174. The van der Waals surface area contributed by atoms with Crippen LogP contribution in [0.2, 0.25) is 0 Å². The summed E-state index contributed by atoms with van der Waals surface area (Å²) in [5.74, 6) is -1.55. The van der Waals surface area contributed by atoms with Gasteiger partial charge in [-0.25, -0.2) is 9.59 Å². The number of aromatic carboxylic acids is 1. The average Bonchev–Trinajstić information content (AvgIpc) is 3.02. The topological polar surface area (TPSA) is 126 Å². The van der Waals surface area contributed by atoms with E-state index in [9.17, 15) is 19.2 Å². The SMILES string of the molecule is CCOC(=O)c1ccn(CCOCc2ccccc2)c(=O)c1C.Cc1c(C(=O)O)ccn(CCOCc2ccccc2)c1=O. The number of esters is 1. The van der Waals surface area contributed by atoms with Crippen LogP contribution in [0.5, 0.6) is 0 Å². The van der Waals surface area contributed by atoms with Gasteiger partial charge in [0.25, 0.3) is 11.1 Å². The van der Waals surface area contributed by atoms with Gasteiger partial charge in [0.1, 0.15) is 0 Å². The fourth-order valence-corrected chi connectivity index (χ4v) is 4.24. The molecule has 10 heteroatoms. The Balaban J connectivity index is 0.000000241. The largest absolute Gasteiger partial charge is 0.478 e. The normalized spacial score (nSPS) is 10.5. The molecule has 4 aromatic rings. The molecule has 10 nitrogen and oxygen atoms in total. The molecule has 1 N–H and O–H groups in total. The van der Waals surface area contributed by atoms with Gasteiger partial charge >= 0.3 is 11.9 Å². The van der Waals surface area contributed by atoms with E-state index in [4.69, 9.17) is 19.3 Å². The molecule has 0 aliphatic carbocycles. The maximum Gasteiger partial charge on any atom is 0.338 e. The van der Waals surface area contributed by atoms with Crippen LogP contribution in [0.4, 0.5) is 0 Å². The number of aromatic nitrogens is 2. The molecule has 232 valence electrons. The van der Waals surface area contributed by atoms with Gasteiger partial charge in [0.2, 0.25) is 0 Å². The summed E-state index contributed by atoms with van der Waals surface area (Å²) in [6.07, 6.45) is 3.10. The Hall–Kier alpha value is -4.80. The minimum atomic E-state index is -1.09. The molecule has 0 unspecified atom stereocenters. The Bertz CT molecular complexity index is 1630. The van der Waals surface area contributed by atoms with Crippen molar-refractivity contribution in [3.8, 4) is 0 Å². The van der Waals surface area contributed by atoms with Crippen LogP contribution in [0.25, 0.3) is 0 Å². The predicted molar refractivity (Wildman–Crippen MR) is 166 cm³/mol. The van der Waals surface area contributed by atoms with Crippen molar-refractivity contribution in [2.45, 2.75) is 47.1 Å². The third-order valence-corrected chi connectivity index (χ3v) is 6.72. The van der Waals surface area contributed by atoms with Crippen molar-refractivity contribution in [3.05, 3.63) is 139 Å². The van der Waals surface area contributed by atoms with Gasteiger partial charge in [0, 0.05) is 36.6 Å². The van der Waals surface area contributed by atoms with Gasteiger partial charge in [-0.1, -0.05) is 60.7 Å². The first kappa shape index (κ1) is 33.7. The molecule has 2 aromatic carbocycles. The average molecular weight is 603 g/mol. The number of rotatable bonds is 13. The second-order valence-electron chi connectivity index (χ2n) is 9.81. The van der Waals surface area contributed by atoms with Crippen LogP contribution < -0.4 is 11.1 Å². The van der Waals surface area contributed by atoms with E-state index in [-0.39, 0.29) is 28.9 Å². The zero-order valence-corrected chi connectivity index (χ0v) is 25.2. The second kappa shape index (κ2) is 17.3. The number of hydrogen-bond donors (Lipinski definition) is 1. The number of ether oxygens (including phenoxy) is 3. The first-order chi connectivity index (χ1) is 21.2. The number of pyridine rings is 2. The number of nitrogens with zero attached hydrogens (tertiary/aromatic N) is 2. The smallest absolute Gasteiger partial charge is 0.338 e. The first-order valence-corrected chi connectivity index (χ1v) is 14.3. The predicted octanol–water partition coefficient (Wildman–Crippen LogP) is 4.62. The molecule has 0 aliphatic rings. The number of carboxylic acids is 1. The van der Waals surface area contributed by atoms with Crippen LogP contribution in [-0.4, -0.2) is 46.0 Å². The van der Waals surface area contributed by atoms with Crippen molar-refractivity contribution in [2.24, 2.45) is 0 Å². The molecule has 0 amide bonds. The molecule has 0 fully saturated rings. The summed E-state index contributed by atoms with van der Waals surface area (Å²) in [6, 6.07) is 22.7. The molecule has 0 atom stereocenters. The Morgan fingerprint density at radius 1 is 0.682 bits per heavy atom. The standard InChI is InChI=1S/C18H21NO4.C16H17NO4/c1-3-23-18(21)16-9-10-19(17(20)14(16)2)11-12-22-13-15-7-5-4-6-8-15;1-12-14(16(19)20)7-8-17(15(12)18)9-10-21-11-13-5-3-2-4-6-13/h4-10H,3,11-13H2,1-2H3;2-8H,9-11H2,1H3,(H,19,20). The van der Waals surface area contributed by atoms with E-state index >= 15 is 0 Å². The Morgan fingerprint density at radius 2 is 1.11 bits per heavy atom. The lowest BCUT2D eigenvalue weighted by molar-refractivity contribution is 0.0524. The van der Waals surface area contributed by atoms with Crippen LogP contribution in [-0.2, 0) is 40.5 Å². The molecule has 2 aromatic heterocycles. The van der Waals surface area contributed by atoms with Gasteiger partial charge in [-0.05, 0) is 44.0 Å². The number of carboxylic acid groups (broad SMARTS) is 1. The van der Waals surface area contributed by atoms with E-state index in [0.29, 0.717) is 50.6 Å². The first-order valence-electron chi connectivity index (χ1n) is 14.3. The van der Waals surface area contributed by atoms with Crippen molar-refractivity contribution in [1.82, 2.24) is 9.13 Å². The molecule has 0 saturated heterocycles. The third-order valence-electron chi connectivity index (χ3n) is 6.72. The van der Waals surface area contributed by atoms with E-state index in [1.807, 2.05) is 60.7 Å². The molecular weight excluding hydrogens is 564 g/mol. The summed E-state index contributed by atoms with van der Waals surface area (Å²) in [4.78, 5) is 46.9. The van der Waals surface area contributed by atoms with E-state index in [1.54, 1.807) is 30.7 Å². The molecule has 4 rings (SSSR count). The number of hydrogen-bond acceptors (Lipinski definition) is 7. The fourth-order valence-electron chi connectivity index (χ4n) is 4.24. The van der Waals surface area contributed by atoms with Gasteiger partial charge in [-0.2, -0.15) is 0 Å². The summed E-state index contributed by atoms with van der Waals surface area (Å²) in [5, 5.41) is 8.95. The maximum absolute atomic E-state index is 12.3. The van der Waals surface area contributed by atoms with Gasteiger partial charge < -0.3 is 28.5 Å². The van der Waals surface area contributed by atoms with Crippen molar-refractivity contribution in [2.75, 3.05) is 19.8 Å². The molecule has 0 saturated carbocycles. The number of benzene rings is 2. The second-order valence-corrected chi connectivity index (χ2v) is 9.81. The highest BCUT2D eigenvalue weighted by molar-refractivity contribution is 5.90. The van der Waals surface area contributed by atoms with E-state index in [2.05, 4.69) is 0 Å². The van der Waals surface area contributed by atoms with Gasteiger partial charge in [0.05, 0.1) is 44.2 Å². The zero-order valence-electron chi connectivity index (χ0n) is 25.2. The molecule has 0 aliphatic heterocycles. The Morgan fingerprint density at radius 3 is 1.55 bits per heavy atom. The minimum Gasteiger partial charge on any atom is -0.478 e. The van der Waals surface area contributed by atoms with Crippen LogP contribution in [0.15, 0.2) is 94.8 Å². The molecule has 44 heavy (non-hydrogen) atoms. The van der Waals surface area contributed by atoms with Gasteiger partial charge in [0.15, 0.2) is 0 Å². The van der Waals surface area contributed by atoms with Crippen LogP contribution >= 0.6 is 0 Å². The van der Waals surface area contributed by atoms with Crippen molar-refractivity contribution in [1.29, 1.82) is 0 Å². The third kappa shape index (κ3) is 9.89. The lowest BCUT2D eigenvalue weighted by Gasteiger charge is -2.10. The van der Waals surface area contributed by atoms with E-state index in [0.717, 1.165) is 11.1 Å². The van der Waals surface area contributed by atoms with Gasteiger partial charge in [-0.3, -0.25) is 9.59 Å². The molecule has 0 bridgehead atoms. The Kier molecular flexibility index (Phi) is 13.3. The van der Waals surface area contributed by atoms with Crippen molar-refractivity contribution < 1.29 is 28.9 Å². The lowest BCUT2D eigenvalue weighted by atomic mass is 10.1. The highest BCUT2D eigenvalue weighted by atomic mass is 16.5. The zero-order chi connectivity index (χ0) is 31.9. The lowest BCUT2D eigenvalue weighted by Crippen LogP contribution is -2.26. The number of carbonyl (C=O) groups excluding carboxylic acids is 1. The highest BCUT2D eigenvalue weighted by Crippen LogP contribution is 2.06. The van der Waals surface area contributed by atoms with E-state index in [1.165, 1.54) is 23.8 Å². The minimum absolute atomic E-state index is 0.0430. The maximum atomic E-state index is 12.3. The highest BCUT2D eigenvalue weighted by Gasteiger charge is 2.14. The summed E-state index contributed by atoms with van der Waals surface area (Å²) in [6.45, 7) is 7.82. The van der Waals surface area contributed by atoms with Crippen LogP contribution in [0, 0.1) is 13.8 Å². The number of carbonyl (C=O) groups is 2. The molecule has 0 radical (unpaired) electrons. The summed E-state index contributed by atoms with van der Waals surface area (Å²) in [5.41, 5.74) is 2.68. The monoisotopic (exact) mass is 602 g/mol. The van der Waals surface area contributed by atoms with Crippen LogP contribution in [0.3, 0.4) is 0 Å². The summed E-state index contributed by atoms with van der Waals surface area (Å²) >= 11 is 0. The summed E-state index contributed by atoms with van der Waals surface area (Å²) in [7, 11) is 0. The van der Waals surface area contributed by atoms with E-state index < -0.39 is 11.9 Å². The fraction of sp³-hybridized carbons (Fsp3) is 0.294. The molecule has 2 heterocycles. The Labute approximate surface area is 256 Å². The molecular formula is C34H38N2O8. The van der Waals surface area contributed by atoms with Crippen LogP contribution in [0.1, 0.15) is 49.9 Å². The van der Waals surface area contributed by atoms with Gasteiger partial charge in [-0.15, -0.1) is 0 Å². The molecule has 0 spiro atoms. The van der Waals surface area contributed by atoms with Crippen molar-refractivity contribution >= 4 is 11.9 Å². The van der Waals surface area contributed by atoms with Crippen molar-refractivity contribution in [3.63, 3.8) is 0 Å².